The fourth-order valence-electron chi connectivity index (χ4n) is 3.98. The molecule has 0 bridgehead atoms. The minimum atomic E-state index is 0.116. The molecule has 2 aromatic heterocycles. The van der Waals surface area contributed by atoms with Crippen LogP contribution in [0.4, 0.5) is 11.5 Å². The number of aryl methyl sites for hydroxylation is 2. The molecule has 1 amide bonds. The first-order valence-electron chi connectivity index (χ1n) is 11.1. The van der Waals surface area contributed by atoms with Crippen LogP contribution in [-0.2, 0) is 13.0 Å². The molecule has 4 rings (SSSR count). The highest BCUT2D eigenvalue weighted by Gasteiger charge is 2.26. The van der Waals surface area contributed by atoms with Crippen molar-refractivity contribution in [2.45, 2.75) is 33.2 Å². The van der Waals surface area contributed by atoms with Crippen molar-refractivity contribution < 1.29 is 4.79 Å². The van der Waals surface area contributed by atoms with Gasteiger partial charge in [-0.05, 0) is 37.6 Å². The fourth-order valence-corrected chi connectivity index (χ4v) is 5.44. The van der Waals surface area contributed by atoms with Crippen LogP contribution in [0.25, 0.3) is 0 Å². The summed E-state index contributed by atoms with van der Waals surface area (Å²) in [6, 6.07) is 9.35. The van der Waals surface area contributed by atoms with Crippen LogP contribution < -0.4 is 5.32 Å². The van der Waals surface area contributed by atoms with E-state index < -0.39 is 0 Å². The summed E-state index contributed by atoms with van der Waals surface area (Å²) in [5.41, 5.74) is 2.82. The summed E-state index contributed by atoms with van der Waals surface area (Å²) in [4.78, 5) is 27.3. The molecule has 1 saturated heterocycles. The Morgan fingerprint density at radius 1 is 1.15 bits per heavy atom. The molecule has 3 aromatic rings. The van der Waals surface area contributed by atoms with Crippen molar-refractivity contribution in [2.24, 2.45) is 0 Å². The molecule has 0 spiro atoms. The number of nitrogens with one attached hydrogen (secondary N) is 1. The number of benzene rings is 1. The summed E-state index contributed by atoms with van der Waals surface area (Å²) in [6.07, 6.45) is 3.60. The predicted octanol–water partition coefficient (Wildman–Crippen LogP) is 5.81. The van der Waals surface area contributed by atoms with E-state index in [0.717, 1.165) is 65.1 Å². The highest BCUT2D eigenvalue weighted by atomic mass is 35.5. The molecule has 1 aromatic carbocycles. The molecule has 6 nitrogen and oxygen atoms in total. The molecule has 1 aliphatic heterocycles. The first-order valence-corrected chi connectivity index (χ1v) is 12.6. The molecule has 1 N–H and O–H groups in total. The van der Waals surface area contributed by atoms with Crippen LogP contribution in [-0.4, -0.2) is 51.9 Å². The van der Waals surface area contributed by atoms with E-state index in [1.54, 1.807) is 12.3 Å². The predicted molar refractivity (Wildman–Crippen MR) is 136 cm³/mol. The van der Waals surface area contributed by atoms with Gasteiger partial charge in [0.2, 0.25) is 0 Å². The number of rotatable bonds is 7. The van der Waals surface area contributed by atoms with Crippen molar-refractivity contribution in [3.63, 3.8) is 0 Å². The Hall–Kier alpha value is -2.19. The number of nitrogens with zero attached hydrogens (tertiary/aromatic N) is 4. The summed E-state index contributed by atoms with van der Waals surface area (Å²) in [5.74, 6) is 0.893. The van der Waals surface area contributed by atoms with Gasteiger partial charge in [0.1, 0.15) is 10.7 Å². The van der Waals surface area contributed by atoms with Gasteiger partial charge >= 0.3 is 0 Å². The van der Waals surface area contributed by atoms with Crippen molar-refractivity contribution in [1.82, 2.24) is 19.8 Å². The van der Waals surface area contributed by atoms with E-state index in [0.29, 0.717) is 23.1 Å². The summed E-state index contributed by atoms with van der Waals surface area (Å²) in [7, 11) is 0. The minimum absolute atomic E-state index is 0.116. The second-order valence-electron chi connectivity index (χ2n) is 8.12. The van der Waals surface area contributed by atoms with Crippen LogP contribution in [0, 0.1) is 6.92 Å². The highest BCUT2D eigenvalue weighted by Crippen LogP contribution is 2.27. The molecule has 9 heteroatoms. The number of hydrogen-bond acceptors (Lipinski definition) is 6. The Morgan fingerprint density at radius 3 is 2.58 bits per heavy atom. The van der Waals surface area contributed by atoms with Crippen molar-refractivity contribution >= 4 is 52.0 Å². The molecule has 0 unspecified atom stereocenters. The molecule has 33 heavy (non-hydrogen) atoms. The van der Waals surface area contributed by atoms with Crippen molar-refractivity contribution in [1.29, 1.82) is 0 Å². The smallest absolute Gasteiger partial charge is 0.265 e. The summed E-state index contributed by atoms with van der Waals surface area (Å²) in [6.45, 7) is 7.85. The molecular formula is C24H27Cl2N5OS. The summed E-state index contributed by atoms with van der Waals surface area (Å²) < 4.78 is 0. The van der Waals surface area contributed by atoms with E-state index in [1.165, 1.54) is 11.3 Å². The average molecular weight is 504 g/mol. The molecule has 1 aliphatic rings. The first-order chi connectivity index (χ1) is 15.9. The molecule has 0 saturated carbocycles. The van der Waals surface area contributed by atoms with Crippen LogP contribution >= 0.6 is 34.5 Å². The van der Waals surface area contributed by atoms with E-state index in [1.807, 2.05) is 30.0 Å². The third kappa shape index (κ3) is 6.03. The number of halogens is 2. The van der Waals surface area contributed by atoms with Gasteiger partial charge < -0.3 is 10.2 Å². The molecule has 174 valence electrons. The third-order valence-electron chi connectivity index (χ3n) is 5.56. The molecule has 1 fully saturated rings. The van der Waals surface area contributed by atoms with Crippen molar-refractivity contribution in [3.05, 3.63) is 67.7 Å². The van der Waals surface area contributed by atoms with Gasteiger partial charge in [-0.1, -0.05) is 42.6 Å². The van der Waals surface area contributed by atoms with Crippen LogP contribution in [0.3, 0.4) is 0 Å². The van der Waals surface area contributed by atoms with Gasteiger partial charge in [0, 0.05) is 60.2 Å². The monoisotopic (exact) mass is 503 g/mol. The normalized spacial score (nSPS) is 14.5. The summed E-state index contributed by atoms with van der Waals surface area (Å²) >= 11 is 13.8. The third-order valence-corrected chi connectivity index (χ3v) is 6.99. The van der Waals surface area contributed by atoms with Crippen LogP contribution in [0.5, 0.6) is 0 Å². The average Bonchev–Trinajstić information content (AvgIpc) is 3.15. The zero-order chi connectivity index (χ0) is 23.4. The molecule has 0 atom stereocenters. The minimum Gasteiger partial charge on any atom is -0.340 e. The fraction of sp³-hybridized carbons (Fsp3) is 0.375. The van der Waals surface area contributed by atoms with Crippen LogP contribution in [0.1, 0.15) is 39.3 Å². The van der Waals surface area contributed by atoms with E-state index >= 15 is 0 Å². The number of carbonyl (C=O) groups is 1. The largest absolute Gasteiger partial charge is 0.340 e. The highest BCUT2D eigenvalue weighted by molar-refractivity contribution is 7.13. The maximum Gasteiger partial charge on any atom is 0.265 e. The van der Waals surface area contributed by atoms with Gasteiger partial charge in [-0.3, -0.25) is 9.69 Å². The standard InChI is InChI=1S/C24H27Cl2N5OS/c1-3-5-21-22(33-16(2)28-21)24(32)31-10-8-30(9-11-31)15-17-6-4-7-27-23(17)29-20-13-18(25)12-19(26)14-20/h4,6-7,12-14H,3,5,8-11,15H2,1-2H3,(H,27,29). The maximum atomic E-state index is 13.1. The second-order valence-corrected chi connectivity index (χ2v) is 10.2. The van der Waals surface area contributed by atoms with E-state index in [4.69, 9.17) is 23.2 Å². The lowest BCUT2D eigenvalue weighted by Crippen LogP contribution is -2.48. The number of anilines is 2. The Balaban J connectivity index is 1.39. The van der Waals surface area contributed by atoms with Gasteiger partial charge in [-0.25, -0.2) is 9.97 Å². The SMILES string of the molecule is CCCc1nc(C)sc1C(=O)N1CCN(Cc2cccnc2Nc2cc(Cl)cc(Cl)c2)CC1. The van der Waals surface area contributed by atoms with Gasteiger partial charge in [-0.2, -0.15) is 0 Å². The van der Waals surface area contributed by atoms with Gasteiger partial charge in [0.25, 0.3) is 5.91 Å². The number of thiazole rings is 1. The van der Waals surface area contributed by atoms with Gasteiger partial charge in [0.15, 0.2) is 0 Å². The van der Waals surface area contributed by atoms with Gasteiger partial charge in [0.05, 0.1) is 10.7 Å². The Labute approximate surface area is 208 Å². The number of carbonyl (C=O) groups excluding carboxylic acids is 1. The lowest BCUT2D eigenvalue weighted by Gasteiger charge is -2.34. The Kier molecular flexibility index (Phi) is 7.86. The number of pyridine rings is 1. The van der Waals surface area contributed by atoms with Crippen molar-refractivity contribution in [2.75, 3.05) is 31.5 Å². The molecule has 0 aliphatic carbocycles. The molecule has 0 radical (unpaired) electrons. The number of aromatic nitrogens is 2. The Bertz CT molecular complexity index is 1110. The van der Waals surface area contributed by atoms with Crippen molar-refractivity contribution in [3.8, 4) is 0 Å². The lowest BCUT2D eigenvalue weighted by atomic mass is 10.2. The quantitative estimate of drug-likeness (QED) is 0.440. The van der Waals surface area contributed by atoms with E-state index in [2.05, 4.69) is 33.2 Å². The second kappa shape index (κ2) is 10.8. The van der Waals surface area contributed by atoms with Gasteiger partial charge in [-0.15, -0.1) is 11.3 Å². The topological polar surface area (TPSA) is 61.4 Å². The Morgan fingerprint density at radius 2 is 1.88 bits per heavy atom. The summed E-state index contributed by atoms with van der Waals surface area (Å²) in [5, 5.41) is 5.43. The zero-order valence-corrected chi connectivity index (χ0v) is 21.1. The number of piperazine rings is 1. The molecular weight excluding hydrogens is 477 g/mol. The number of hydrogen-bond donors (Lipinski definition) is 1. The zero-order valence-electron chi connectivity index (χ0n) is 18.8. The van der Waals surface area contributed by atoms with Crippen LogP contribution in [0.15, 0.2) is 36.5 Å². The first kappa shape index (κ1) is 24.0. The number of amides is 1. The van der Waals surface area contributed by atoms with Crippen LogP contribution in [0.2, 0.25) is 10.0 Å². The maximum absolute atomic E-state index is 13.1. The van der Waals surface area contributed by atoms with E-state index in [-0.39, 0.29) is 5.91 Å². The van der Waals surface area contributed by atoms with E-state index in [9.17, 15) is 4.79 Å². The lowest BCUT2D eigenvalue weighted by molar-refractivity contribution is 0.0632. The molecule has 3 heterocycles.